The number of unbranched alkanes of at least 4 members (excludes halogenated alkanes) is 1. The van der Waals surface area contributed by atoms with Crippen LogP contribution >= 0.6 is 0 Å². The van der Waals surface area contributed by atoms with Gasteiger partial charge in [0.05, 0.1) is 37.3 Å². The van der Waals surface area contributed by atoms with E-state index in [4.69, 9.17) is 9.47 Å². The third-order valence-corrected chi connectivity index (χ3v) is 4.19. The minimum atomic E-state index is -3.23. The van der Waals surface area contributed by atoms with Gasteiger partial charge in [0.2, 0.25) is 0 Å². The molecule has 0 aromatic heterocycles. The number of amides is 1. The molecule has 1 aliphatic rings. The average molecular weight is 386 g/mol. The first-order valence-corrected chi connectivity index (χ1v) is 8.37. The molecule has 0 N–H and O–H groups in total. The van der Waals surface area contributed by atoms with Crippen molar-refractivity contribution in [3.8, 4) is 11.5 Å². The maximum atomic E-state index is 13.6. The number of hydrogen-bond acceptors (Lipinski definition) is 6. The number of alkyl halides is 2. The van der Waals surface area contributed by atoms with Gasteiger partial charge in [-0.2, -0.15) is 0 Å². The zero-order valence-corrected chi connectivity index (χ0v) is 14.9. The van der Waals surface area contributed by atoms with Crippen LogP contribution in [0.15, 0.2) is 12.1 Å². The Morgan fingerprint density at radius 3 is 2.70 bits per heavy atom. The van der Waals surface area contributed by atoms with Crippen molar-refractivity contribution in [2.24, 2.45) is 0 Å². The van der Waals surface area contributed by atoms with Gasteiger partial charge in [-0.15, -0.1) is 0 Å². The monoisotopic (exact) mass is 386 g/mol. The molecule has 1 aromatic rings. The van der Waals surface area contributed by atoms with Gasteiger partial charge in [0.25, 0.3) is 17.5 Å². The number of rotatable bonds is 8. The molecule has 8 nitrogen and oxygen atoms in total. The summed E-state index contributed by atoms with van der Waals surface area (Å²) in [5, 5.41) is 11.4. The fourth-order valence-corrected chi connectivity index (χ4v) is 2.82. The maximum absolute atomic E-state index is 13.6. The lowest BCUT2D eigenvalue weighted by Gasteiger charge is -2.20. The normalized spacial score (nSPS) is 18.2. The first kappa shape index (κ1) is 20.5. The Labute approximate surface area is 154 Å². The van der Waals surface area contributed by atoms with Crippen LogP contribution in [0.5, 0.6) is 11.5 Å². The number of methoxy groups -OCH3 is 1. The van der Waals surface area contributed by atoms with Gasteiger partial charge in [-0.3, -0.25) is 14.9 Å². The SMILES string of the molecule is CCCCOc1cc([N+](=O)[O-])c(C(=O)N2CC(F)(F)C[C@H]2C=O)cc1OC. The van der Waals surface area contributed by atoms with Crippen molar-refractivity contribution in [1.29, 1.82) is 0 Å². The lowest BCUT2D eigenvalue weighted by atomic mass is 10.1. The second-order valence-corrected chi connectivity index (χ2v) is 6.18. The number of carbonyl (C=O) groups is 2. The Kier molecular flexibility index (Phi) is 6.29. The third kappa shape index (κ3) is 4.50. The highest BCUT2D eigenvalue weighted by molar-refractivity contribution is 6.00. The largest absolute Gasteiger partial charge is 0.493 e. The average Bonchev–Trinajstić information content (AvgIpc) is 2.95. The van der Waals surface area contributed by atoms with E-state index in [1.807, 2.05) is 6.92 Å². The summed E-state index contributed by atoms with van der Waals surface area (Å²) in [6, 6.07) is 0.768. The highest BCUT2D eigenvalue weighted by Gasteiger charge is 2.48. The lowest BCUT2D eigenvalue weighted by Crippen LogP contribution is -2.37. The summed E-state index contributed by atoms with van der Waals surface area (Å²) in [6.45, 7) is 1.26. The summed E-state index contributed by atoms with van der Waals surface area (Å²) in [7, 11) is 1.29. The lowest BCUT2D eigenvalue weighted by molar-refractivity contribution is -0.385. The number of aldehydes is 1. The molecule has 1 saturated heterocycles. The van der Waals surface area contributed by atoms with Crippen LogP contribution in [0, 0.1) is 10.1 Å². The molecule has 1 aromatic carbocycles. The van der Waals surface area contributed by atoms with Crippen molar-refractivity contribution < 1.29 is 32.8 Å². The Hall–Kier alpha value is -2.78. The minimum absolute atomic E-state index is 0.0636. The van der Waals surface area contributed by atoms with E-state index in [2.05, 4.69) is 0 Å². The van der Waals surface area contributed by atoms with E-state index in [0.29, 0.717) is 17.9 Å². The second kappa shape index (κ2) is 8.28. The van der Waals surface area contributed by atoms with Crippen molar-refractivity contribution in [2.75, 3.05) is 20.3 Å². The van der Waals surface area contributed by atoms with Gasteiger partial charge >= 0.3 is 0 Å². The van der Waals surface area contributed by atoms with Crippen LogP contribution in [0.3, 0.4) is 0 Å². The predicted octanol–water partition coefficient (Wildman–Crippen LogP) is 2.83. The third-order valence-electron chi connectivity index (χ3n) is 4.19. The summed E-state index contributed by atoms with van der Waals surface area (Å²) >= 11 is 0. The van der Waals surface area contributed by atoms with Gasteiger partial charge in [0.1, 0.15) is 11.8 Å². The number of likely N-dealkylation sites (tertiary alicyclic amines) is 1. The number of carbonyl (C=O) groups excluding carboxylic acids is 2. The molecule has 1 heterocycles. The topological polar surface area (TPSA) is 99.0 Å². The zero-order chi connectivity index (χ0) is 20.2. The van der Waals surface area contributed by atoms with Crippen LogP contribution in [-0.4, -0.2) is 54.2 Å². The second-order valence-electron chi connectivity index (χ2n) is 6.18. The molecule has 0 aliphatic carbocycles. The molecular weight excluding hydrogens is 366 g/mol. The van der Waals surface area contributed by atoms with E-state index in [-0.39, 0.29) is 17.8 Å². The summed E-state index contributed by atoms with van der Waals surface area (Å²) in [4.78, 5) is 35.0. The number of ether oxygens (including phenoxy) is 2. The van der Waals surface area contributed by atoms with Crippen LogP contribution in [0.4, 0.5) is 14.5 Å². The number of nitrogens with zero attached hydrogens (tertiary/aromatic N) is 2. The Morgan fingerprint density at radius 1 is 1.44 bits per heavy atom. The summed E-state index contributed by atoms with van der Waals surface area (Å²) < 4.78 is 37.8. The van der Waals surface area contributed by atoms with Gasteiger partial charge in [0, 0.05) is 12.5 Å². The first-order chi connectivity index (χ1) is 12.7. The molecule has 1 atom stereocenters. The van der Waals surface area contributed by atoms with Crippen LogP contribution in [0.1, 0.15) is 36.5 Å². The Balaban J connectivity index is 2.44. The van der Waals surface area contributed by atoms with E-state index in [0.717, 1.165) is 18.6 Å². The number of hydrogen-bond donors (Lipinski definition) is 0. The Morgan fingerprint density at radius 2 is 2.15 bits per heavy atom. The van der Waals surface area contributed by atoms with Crippen molar-refractivity contribution in [3.63, 3.8) is 0 Å². The molecule has 0 radical (unpaired) electrons. The van der Waals surface area contributed by atoms with E-state index >= 15 is 0 Å². The van der Waals surface area contributed by atoms with E-state index < -0.39 is 47.0 Å². The van der Waals surface area contributed by atoms with Gasteiger partial charge in [-0.05, 0) is 6.42 Å². The molecule has 0 unspecified atom stereocenters. The zero-order valence-electron chi connectivity index (χ0n) is 14.9. The maximum Gasteiger partial charge on any atom is 0.286 e. The molecule has 148 valence electrons. The van der Waals surface area contributed by atoms with Gasteiger partial charge in [0.15, 0.2) is 11.5 Å². The highest BCUT2D eigenvalue weighted by Crippen LogP contribution is 2.38. The highest BCUT2D eigenvalue weighted by atomic mass is 19.3. The molecule has 1 fully saturated rings. The van der Waals surface area contributed by atoms with E-state index in [9.17, 15) is 28.5 Å². The molecule has 0 bridgehead atoms. The van der Waals surface area contributed by atoms with Crippen LogP contribution in [0.25, 0.3) is 0 Å². The van der Waals surface area contributed by atoms with Gasteiger partial charge < -0.3 is 19.2 Å². The molecular formula is C17H20F2N2O6. The molecule has 2 rings (SSSR count). The van der Waals surface area contributed by atoms with Crippen molar-refractivity contribution in [1.82, 2.24) is 4.90 Å². The van der Waals surface area contributed by atoms with E-state index in [1.165, 1.54) is 7.11 Å². The quantitative estimate of drug-likeness (QED) is 0.295. The molecule has 1 aliphatic heterocycles. The number of halogens is 2. The van der Waals surface area contributed by atoms with Crippen LogP contribution < -0.4 is 9.47 Å². The van der Waals surface area contributed by atoms with Crippen molar-refractivity contribution >= 4 is 17.9 Å². The van der Waals surface area contributed by atoms with Crippen molar-refractivity contribution in [2.45, 2.75) is 38.2 Å². The standard InChI is InChI=1S/C17H20F2N2O6/c1-3-4-5-27-15-7-13(21(24)25)12(6-14(15)26-2)16(23)20-10-17(18,19)8-11(20)9-22/h6-7,9,11H,3-5,8,10H2,1-2H3/t11-/m0/s1. The molecule has 0 saturated carbocycles. The fourth-order valence-electron chi connectivity index (χ4n) is 2.82. The number of nitro benzene ring substituents is 1. The molecule has 27 heavy (non-hydrogen) atoms. The summed E-state index contributed by atoms with van der Waals surface area (Å²) in [6.07, 6.45) is 0.980. The minimum Gasteiger partial charge on any atom is -0.493 e. The summed E-state index contributed by atoms with van der Waals surface area (Å²) in [5.74, 6) is -4.13. The molecule has 10 heteroatoms. The first-order valence-electron chi connectivity index (χ1n) is 8.37. The van der Waals surface area contributed by atoms with Crippen LogP contribution in [-0.2, 0) is 4.79 Å². The van der Waals surface area contributed by atoms with Crippen molar-refractivity contribution in [3.05, 3.63) is 27.8 Å². The Bertz CT molecular complexity index is 740. The van der Waals surface area contributed by atoms with Gasteiger partial charge in [-0.1, -0.05) is 13.3 Å². The molecule has 1 amide bonds. The predicted molar refractivity (Wildman–Crippen MR) is 90.5 cm³/mol. The van der Waals surface area contributed by atoms with Crippen LogP contribution in [0.2, 0.25) is 0 Å². The summed E-state index contributed by atoms with van der Waals surface area (Å²) in [5.41, 5.74) is -1.04. The number of benzene rings is 1. The fraction of sp³-hybridized carbons (Fsp3) is 0.529. The van der Waals surface area contributed by atoms with E-state index in [1.54, 1.807) is 0 Å². The van der Waals surface area contributed by atoms with Gasteiger partial charge in [-0.25, -0.2) is 8.78 Å². The number of nitro groups is 1. The smallest absolute Gasteiger partial charge is 0.286 e. The molecule has 0 spiro atoms.